The molecule has 0 radical (unpaired) electrons. The molecule has 0 heterocycles. The van der Waals surface area contributed by atoms with Crippen LogP contribution in [0.4, 0.5) is 0 Å². The van der Waals surface area contributed by atoms with E-state index in [4.69, 9.17) is 9.84 Å². The zero-order valence-electron chi connectivity index (χ0n) is 8.81. The first-order valence-corrected chi connectivity index (χ1v) is 4.93. The molecule has 0 aliphatic heterocycles. The lowest BCUT2D eigenvalue weighted by Gasteiger charge is -2.10. The van der Waals surface area contributed by atoms with Crippen LogP contribution in [0.25, 0.3) is 0 Å². The van der Waals surface area contributed by atoms with Crippen molar-refractivity contribution in [2.75, 3.05) is 7.11 Å². The van der Waals surface area contributed by atoms with Gasteiger partial charge in [-0.05, 0) is 5.56 Å². The van der Waals surface area contributed by atoms with E-state index in [9.17, 15) is 4.79 Å². The summed E-state index contributed by atoms with van der Waals surface area (Å²) in [5.41, 5.74) is 0.659. The van der Waals surface area contributed by atoms with Crippen LogP contribution in [0.5, 0.6) is 0 Å². The van der Waals surface area contributed by atoms with E-state index in [1.54, 1.807) is 7.11 Å². The summed E-state index contributed by atoms with van der Waals surface area (Å²) in [6.07, 6.45) is -0.211. The van der Waals surface area contributed by atoms with Crippen LogP contribution in [-0.2, 0) is 14.9 Å². The van der Waals surface area contributed by atoms with E-state index in [0.717, 1.165) is 5.56 Å². The van der Waals surface area contributed by atoms with Gasteiger partial charge in [0.25, 0.3) is 0 Å². The maximum Gasteiger partial charge on any atom is 0.310 e. The van der Waals surface area contributed by atoms with Crippen LogP contribution in [0.1, 0.15) is 12.5 Å². The lowest BCUT2D eigenvalue weighted by atomic mass is 9.95. The van der Waals surface area contributed by atoms with Crippen molar-refractivity contribution >= 4 is 5.97 Å². The molecule has 0 unspecified atom stereocenters. The van der Waals surface area contributed by atoms with Gasteiger partial charge in [0.15, 0.2) is 0 Å². The Morgan fingerprint density at radius 1 is 1.40 bits per heavy atom. The highest BCUT2D eigenvalue weighted by atomic mass is 16.5. The Kier molecular flexibility index (Phi) is 2.27. The average Bonchev–Trinajstić information content (AvgIpc) is 2.87. The highest BCUT2D eigenvalue weighted by Crippen LogP contribution is 2.55. The molecular formula is C12H14O3. The minimum atomic E-state index is -0.784. The van der Waals surface area contributed by atoms with Crippen molar-refractivity contribution in [3.8, 4) is 0 Å². The molecule has 1 aliphatic carbocycles. The second kappa shape index (κ2) is 3.35. The second-order valence-corrected chi connectivity index (χ2v) is 4.12. The SMILES string of the molecule is CO[C@H]1[C@@H](C(=O)O)[C@@]1(C)c1ccccc1. The van der Waals surface area contributed by atoms with Crippen LogP contribution < -0.4 is 0 Å². The molecule has 1 aliphatic rings. The van der Waals surface area contributed by atoms with Gasteiger partial charge in [-0.2, -0.15) is 0 Å². The Labute approximate surface area is 88.7 Å². The zero-order chi connectivity index (χ0) is 11.1. The molecule has 80 valence electrons. The van der Waals surface area contributed by atoms with E-state index >= 15 is 0 Å². The number of carbonyl (C=O) groups is 1. The molecule has 0 bridgehead atoms. The van der Waals surface area contributed by atoms with Crippen LogP contribution in [-0.4, -0.2) is 24.3 Å². The first kappa shape index (κ1) is 10.2. The molecule has 1 fully saturated rings. The molecule has 2 rings (SSSR count). The van der Waals surface area contributed by atoms with Gasteiger partial charge >= 0.3 is 5.97 Å². The van der Waals surface area contributed by atoms with E-state index < -0.39 is 11.9 Å². The van der Waals surface area contributed by atoms with Crippen molar-refractivity contribution in [2.24, 2.45) is 5.92 Å². The summed E-state index contributed by atoms with van der Waals surface area (Å²) in [5, 5.41) is 9.07. The van der Waals surface area contributed by atoms with E-state index in [1.165, 1.54) is 0 Å². The quantitative estimate of drug-likeness (QED) is 0.818. The maximum atomic E-state index is 11.0. The third-order valence-electron chi connectivity index (χ3n) is 3.35. The van der Waals surface area contributed by atoms with Crippen molar-refractivity contribution in [1.82, 2.24) is 0 Å². The third-order valence-corrected chi connectivity index (χ3v) is 3.35. The fourth-order valence-corrected chi connectivity index (χ4v) is 2.38. The lowest BCUT2D eigenvalue weighted by Crippen LogP contribution is -2.11. The van der Waals surface area contributed by atoms with Crippen LogP contribution >= 0.6 is 0 Å². The average molecular weight is 206 g/mol. The number of aliphatic carboxylic acids is 1. The summed E-state index contributed by atoms with van der Waals surface area (Å²) < 4.78 is 5.22. The molecule has 0 aromatic heterocycles. The van der Waals surface area contributed by atoms with Gasteiger partial charge in [0.2, 0.25) is 0 Å². The highest BCUT2D eigenvalue weighted by molar-refractivity contribution is 5.79. The topological polar surface area (TPSA) is 46.5 Å². The number of hydrogen-bond donors (Lipinski definition) is 1. The Bertz CT molecular complexity index is 374. The number of ether oxygens (including phenoxy) is 1. The molecular weight excluding hydrogens is 192 g/mol. The Morgan fingerprint density at radius 2 is 2.00 bits per heavy atom. The van der Waals surface area contributed by atoms with Gasteiger partial charge in [-0.15, -0.1) is 0 Å². The predicted molar refractivity (Wildman–Crippen MR) is 55.7 cm³/mol. The molecule has 3 atom stereocenters. The fraction of sp³-hybridized carbons (Fsp3) is 0.417. The highest BCUT2D eigenvalue weighted by Gasteiger charge is 2.67. The van der Waals surface area contributed by atoms with Crippen LogP contribution in [0.2, 0.25) is 0 Å². The molecule has 1 aromatic rings. The number of hydrogen-bond acceptors (Lipinski definition) is 2. The van der Waals surface area contributed by atoms with Gasteiger partial charge < -0.3 is 9.84 Å². The minimum Gasteiger partial charge on any atom is -0.481 e. The summed E-state index contributed by atoms with van der Waals surface area (Å²) in [6, 6.07) is 9.67. The zero-order valence-corrected chi connectivity index (χ0v) is 8.81. The van der Waals surface area contributed by atoms with E-state index in [-0.39, 0.29) is 11.5 Å². The van der Waals surface area contributed by atoms with Gasteiger partial charge in [0.1, 0.15) is 0 Å². The van der Waals surface area contributed by atoms with Gasteiger partial charge in [-0.3, -0.25) is 4.79 Å². The predicted octanol–water partition coefficient (Wildman–Crippen LogP) is 1.67. The summed E-state index contributed by atoms with van der Waals surface area (Å²) in [6.45, 7) is 1.94. The normalized spacial score (nSPS) is 33.7. The van der Waals surface area contributed by atoms with Crippen molar-refractivity contribution < 1.29 is 14.6 Å². The molecule has 1 aromatic carbocycles. The smallest absolute Gasteiger partial charge is 0.310 e. The molecule has 3 heteroatoms. The van der Waals surface area contributed by atoms with Crippen molar-refractivity contribution in [3.63, 3.8) is 0 Å². The summed E-state index contributed by atoms with van der Waals surface area (Å²) in [5.74, 6) is -1.21. The number of carboxylic acids is 1. The Morgan fingerprint density at radius 3 is 2.40 bits per heavy atom. The fourth-order valence-electron chi connectivity index (χ4n) is 2.38. The Balaban J connectivity index is 2.33. The molecule has 0 amide bonds. The summed E-state index contributed by atoms with van der Waals surface area (Å²) in [7, 11) is 1.56. The molecule has 0 saturated heterocycles. The van der Waals surface area contributed by atoms with E-state index in [0.29, 0.717) is 0 Å². The third kappa shape index (κ3) is 1.35. The molecule has 0 spiro atoms. The largest absolute Gasteiger partial charge is 0.481 e. The van der Waals surface area contributed by atoms with E-state index in [1.807, 2.05) is 37.3 Å². The summed E-state index contributed by atoms with van der Waals surface area (Å²) in [4.78, 5) is 11.0. The molecule has 1 N–H and O–H groups in total. The number of rotatable bonds is 3. The monoisotopic (exact) mass is 206 g/mol. The van der Waals surface area contributed by atoms with E-state index in [2.05, 4.69) is 0 Å². The second-order valence-electron chi connectivity index (χ2n) is 4.12. The molecule has 3 nitrogen and oxygen atoms in total. The minimum absolute atomic E-state index is 0.211. The number of methoxy groups -OCH3 is 1. The van der Waals surface area contributed by atoms with Crippen LogP contribution in [0.3, 0.4) is 0 Å². The Hall–Kier alpha value is -1.35. The standard InChI is InChI=1S/C12H14O3/c1-12(8-6-4-3-5-7-8)9(11(13)14)10(12)15-2/h3-7,9-10H,1-2H3,(H,13,14)/t9-,10-,12+/m0/s1. The molecule has 1 saturated carbocycles. The first-order chi connectivity index (χ1) is 7.12. The summed E-state index contributed by atoms with van der Waals surface area (Å²) >= 11 is 0. The van der Waals surface area contributed by atoms with Crippen LogP contribution in [0.15, 0.2) is 30.3 Å². The maximum absolute atomic E-state index is 11.0. The van der Waals surface area contributed by atoms with Crippen molar-refractivity contribution in [1.29, 1.82) is 0 Å². The van der Waals surface area contributed by atoms with Crippen molar-refractivity contribution in [2.45, 2.75) is 18.4 Å². The number of carboxylic acid groups (broad SMARTS) is 1. The number of benzene rings is 1. The lowest BCUT2D eigenvalue weighted by molar-refractivity contribution is -0.139. The van der Waals surface area contributed by atoms with Gasteiger partial charge in [-0.1, -0.05) is 37.3 Å². The van der Waals surface area contributed by atoms with Crippen molar-refractivity contribution in [3.05, 3.63) is 35.9 Å². The molecule has 15 heavy (non-hydrogen) atoms. The van der Waals surface area contributed by atoms with Gasteiger partial charge in [0, 0.05) is 12.5 Å². The van der Waals surface area contributed by atoms with Gasteiger partial charge in [0.05, 0.1) is 12.0 Å². The van der Waals surface area contributed by atoms with Gasteiger partial charge in [-0.25, -0.2) is 0 Å². The first-order valence-electron chi connectivity index (χ1n) is 4.93. The van der Waals surface area contributed by atoms with Crippen LogP contribution in [0, 0.1) is 5.92 Å².